The summed E-state index contributed by atoms with van der Waals surface area (Å²) in [6, 6.07) is 10.3. The largest absolute Gasteiger partial charge is 0.379 e. The minimum atomic E-state index is -3.54. The van der Waals surface area contributed by atoms with Crippen LogP contribution in [0.15, 0.2) is 41.3 Å². The lowest BCUT2D eigenvalue weighted by Crippen LogP contribution is -2.48. The Kier molecular flexibility index (Phi) is 7.83. The molecule has 1 aromatic heterocycles. The van der Waals surface area contributed by atoms with Gasteiger partial charge in [0.1, 0.15) is 0 Å². The zero-order valence-corrected chi connectivity index (χ0v) is 20.1. The summed E-state index contributed by atoms with van der Waals surface area (Å²) in [4.78, 5) is 18.4. The first-order valence-electron chi connectivity index (χ1n) is 10.6. The van der Waals surface area contributed by atoms with Crippen molar-refractivity contribution in [3.8, 4) is 0 Å². The molecule has 0 spiro atoms. The summed E-state index contributed by atoms with van der Waals surface area (Å²) >= 11 is 7.61. The monoisotopic (exact) mass is 498 g/mol. The van der Waals surface area contributed by atoms with Crippen molar-refractivity contribution in [3.63, 3.8) is 0 Å². The first-order valence-corrected chi connectivity index (χ1v) is 13.2. The molecule has 0 radical (unpaired) electrons. The predicted octanol–water partition coefficient (Wildman–Crippen LogP) is 2.18. The zero-order chi connectivity index (χ0) is 22.6. The van der Waals surface area contributed by atoms with E-state index < -0.39 is 10.0 Å². The molecule has 0 saturated carbocycles. The Balaban J connectivity index is 1.24. The Bertz CT molecular complexity index is 1010. The predicted molar refractivity (Wildman–Crippen MR) is 126 cm³/mol. The van der Waals surface area contributed by atoms with E-state index in [0.29, 0.717) is 38.5 Å². The lowest BCUT2D eigenvalue weighted by atomic mass is 10.3. The molecule has 2 aliphatic heterocycles. The highest BCUT2D eigenvalue weighted by Crippen LogP contribution is 2.23. The fourth-order valence-electron chi connectivity index (χ4n) is 3.81. The number of ether oxygens (including phenoxy) is 1. The molecule has 4 rings (SSSR count). The second-order valence-electron chi connectivity index (χ2n) is 7.85. The maximum atomic E-state index is 12.7. The summed E-state index contributed by atoms with van der Waals surface area (Å²) in [6.45, 7) is 6.17. The standard InChI is InChI=1S/C21H27ClN4O4S2/c22-20-6-3-18(31-20)15-24-7-9-25(10-8-24)16-21(27)23-17-1-4-19(5-2-17)32(28,29)26-11-13-30-14-12-26/h1-6H,7-16H2,(H,23,27). The molecule has 0 unspecified atom stereocenters. The summed E-state index contributed by atoms with van der Waals surface area (Å²) in [7, 11) is -3.54. The molecule has 3 heterocycles. The Morgan fingerprint density at radius 3 is 2.25 bits per heavy atom. The van der Waals surface area contributed by atoms with E-state index in [-0.39, 0.29) is 10.8 Å². The van der Waals surface area contributed by atoms with Gasteiger partial charge in [0.2, 0.25) is 15.9 Å². The molecule has 0 aliphatic carbocycles. The number of nitrogens with one attached hydrogen (secondary N) is 1. The van der Waals surface area contributed by atoms with Crippen molar-refractivity contribution in [3.05, 3.63) is 45.6 Å². The number of halogens is 1. The first kappa shape index (κ1) is 23.6. The van der Waals surface area contributed by atoms with Gasteiger partial charge in [0.15, 0.2) is 0 Å². The number of hydrogen-bond donors (Lipinski definition) is 1. The molecule has 0 bridgehead atoms. The number of benzene rings is 1. The van der Waals surface area contributed by atoms with Crippen LogP contribution < -0.4 is 5.32 Å². The average molecular weight is 499 g/mol. The minimum absolute atomic E-state index is 0.104. The van der Waals surface area contributed by atoms with Gasteiger partial charge in [-0.2, -0.15) is 4.31 Å². The molecule has 2 aliphatic rings. The number of piperazine rings is 1. The quantitative estimate of drug-likeness (QED) is 0.630. The van der Waals surface area contributed by atoms with Crippen LogP contribution in [0.3, 0.4) is 0 Å². The molecule has 1 amide bonds. The van der Waals surface area contributed by atoms with E-state index >= 15 is 0 Å². The van der Waals surface area contributed by atoms with Gasteiger partial charge in [0.25, 0.3) is 0 Å². The third-order valence-electron chi connectivity index (χ3n) is 5.59. The first-order chi connectivity index (χ1) is 15.4. The zero-order valence-electron chi connectivity index (χ0n) is 17.7. The molecule has 2 aromatic rings. The van der Waals surface area contributed by atoms with E-state index in [4.69, 9.17) is 16.3 Å². The molecule has 0 atom stereocenters. The summed E-state index contributed by atoms with van der Waals surface area (Å²) in [5.74, 6) is -0.104. The number of anilines is 1. The molecular weight excluding hydrogens is 472 g/mol. The Morgan fingerprint density at radius 2 is 1.62 bits per heavy atom. The topological polar surface area (TPSA) is 82.2 Å². The number of amides is 1. The van der Waals surface area contributed by atoms with Gasteiger partial charge in [-0.25, -0.2) is 8.42 Å². The summed E-state index contributed by atoms with van der Waals surface area (Å²) in [5.41, 5.74) is 0.587. The lowest BCUT2D eigenvalue weighted by molar-refractivity contribution is -0.117. The smallest absolute Gasteiger partial charge is 0.243 e. The van der Waals surface area contributed by atoms with E-state index in [0.717, 1.165) is 37.1 Å². The summed E-state index contributed by atoms with van der Waals surface area (Å²) in [5, 5.41) is 2.87. The lowest BCUT2D eigenvalue weighted by Gasteiger charge is -2.34. The number of carbonyl (C=O) groups excluding carboxylic acids is 1. The van der Waals surface area contributed by atoms with E-state index in [9.17, 15) is 13.2 Å². The van der Waals surface area contributed by atoms with Crippen LogP contribution in [0.25, 0.3) is 0 Å². The van der Waals surface area contributed by atoms with E-state index in [1.54, 1.807) is 23.5 Å². The molecular formula is C21H27ClN4O4S2. The van der Waals surface area contributed by atoms with Crippen molar-refractivity contribution in [1.29, 1.82) is 0 Å². The van der Waals surface area contributed by atoms with Gasteiger partial charge in [-0.3, -0.25) is 14.6 Å². The van der Waals surface area contributed by atoms with Crippen LogP contribution in [0.4, 0.5) is 5.69 Å². The molecule has 174 valence electrons. The molecule has 2 saturated heterocycles. The summed E-state index contributed by atoms with van der Waals surface area (Å²) in [6.07, 6.45) is 0. The highest BCUT2D eigenvalue weighted by atomic mass is 35.5. The number of sulfonamides is 1. The van der Waals surface area contributed by atoms with E-state index in [1.807, 2.05) is 6.07 Å². The number of rotatable bonds is 7. The van der Waals surface area contributed by atoms with Gasteiger partial charge in [-0.15, -0.1) is 11.3 Å². The molecule has 8 nitrogen and oxygen atoms in total. The van der Waals surface area contributed by atoms with Crippen molar-refractivity contribution >= 4 is 44.6 Å². The van der Waals surface area contributed by atoms with Crippen LogP contribution in [0, 0.1) is 0 Å². The fourth-order valence-corrected chi connectivity index (χ4v) is 6.35. The number of hydrogen-bond acceptors (Lipinski definition) is 7. The van der Waals surface area contributed by atoms with Crippen LogP contribution in [0.2, 0.25) is 4.34 Å². The molecule has 32 heavy (non-hydrogen) atoms. The van der Waals surface area contributed by atoms with Crippen LogP contribution in [-0.2, 0) is 26.1 Å². The van der Waals surface area contributed by atoms with Crippen molar-refractivity contribution in [2.45, 2.75) is 11.4 Å². The SMILES string of the molecule is O=C(CN1CCN(Cc2ccc(Cl)s2)CC1)Nc1ccc(S(=O)(=O)N2CCOCC2)cc1. The van der Waals surface area contributed by atoms with Gasteiger partial charge in [0.05, 0.1) is 29.0 Å². The van der Waals surface area contributed by atoms with E-state index in [1.165, 1.54) is 21.3 Å². The van der Waals surface area contributed by atoms with Gasteiger partial charge < -0.3 is 10.1 Å². The normalized spacial score (nSPS) is 19.2. The Morgan fingerprint density at radius 1 is 0.969 bits per heavy atom. The molecule has 11 heteroatoms. The van der Waals surface area contributed by atoms with Crippen molar-refractivity contribution in [1.82, 2.24) is 14.1 Å². The minimum Gasteiger partial charge on any atom is -0.379 e. The van der Waals surface area contributed by atoms with Crippen LogP contribution in [0.1, 0.15) is 4.88 Å². The number of morpholine rings is 1. The maximum absolute atomic E-state index is 12.7. The van der Waals surface area contributed by atoms with Crippen molar-refractivity contribution in [2.75, 3.05) is 64.3 Å². The van der Waals surface area contributed by atoms with E-state index in [2.05, 4.69) is 21.2 Å². The third-order valence-corrected chi connectivity index (χ3v) is 8.72. The number of nitrogens with zero attached hydrogens (tertiary/aromatic N) is 3. The number of carbonyl (C=O) groups is 1. The Hall–Kier alpha value is -1.53. The maximum Gasteiger partial charge on any atom is 0.243 e. The molecule has 1 N–H and O–H groups in total. The van der Waals surface area contributed by atoms with Gasteiger partial charge in [-0.05, 0) is 36.4 Å². The third kappa shape index (κ3) is 6.07. The van der Waals surface area contributed by atoms with Crippen molar-refractivity contribution in [2.24, 2.45) is 0 Å². The van der Waals surface area contributed by atoms with Crippen LogP contribution >= 0.6 is 22.9 Å². The summed E-state index contributed by atoms with van der Waals surface area (Å²) < 4.78 is 32.8. The highest BCUT2D eigenvalue weighted by molar-refractivity contribution is 7.89. The highest BCUT2D eigenvalue weighted by Gasteiger charge is 2.26. The van der Waals surface area contributed by atoms with Gasteiger partial charge >= 0.3 is 0 Å². The van der Waals surface area contributed by atoms with Gasteiger partial charge in [0, 0.05) is 56.4 Å². The second-order valence-corrected chi connectivity index (χ2v) is 11.6. The Labute approximate surface area is 197 Å². The van der Waals surface area contributed by atoms with Crippen LogP contribution in [-0.4, -0.2) is 87.5 Å². The molecule has 2 fully saturated rings. The van der Waals surface area contributed by atoms with Gasteiger partial charge in [-0.1, -0.05) is 11.6 Å². The van der Waals surface area contributed by atoms with Crippen molar-refractivity contribution < 1.29 is 17.9 Å². The second kappa shape index (κ2) is 10.6. The fraction of sp³-hybridized carbons (Fsp3) is 0.476. The average Bonchev–Trinajstić information content (AvgIpc) is 3.20. The van der Waals surface area contributed by atoms with Crippen LogP contribution in [0.5, 0.6) is 0 Å². The molecule has 1 aromatic carbocycles. The number of thiophene rings is 1.